The first kappa shape index (κ1) is 14.3. The van der Waals surface area contributed by atoms with Gasteiger partial charge in [-0.1, -0.05) is 19.6 Å². The Hall–Kier alpha value is -1.77. The minimum atomic E-state index is 0.487. The molecule has 0 N–H and O–H groups in total. The van der Waals surface area contributed by atoms with Crippen LogP contribution in [0.2, 0.25) is 0 Å². The van der Waals surface area contributed by atoms with E-state index in [4.69, 9.17) is 9.47 Å². The zero-order valence-corrected chi connectivity index (χ0v) is 11.6. The topological polar surface area (TPSA) is 31.4 Å². The summed E-state index contributed by atoms with van der Waals surface area (Å²) in [5, 5.41) is 0. The van der Waals surface area contributed by atoms with Crippen LogP contribution in [0.1, 0.15) is 29.4 Å². The molecule has 0 saturated heterocycles. The molecule has 0 aliphatic rings. The van der Waals surface area contributed by atoms with Crippen LogP contribution in [0.15, 0.2) is 18.9 Å². The Labute approximate surface area is 109 Å². The van der Waals surface area contributed by atoms with Crippen molar-refractivity contribution in [2.75, 3.05) is 13.7 Å². The maximum Gasteiger partial charge on any atom is 0.133 e. The summed E-state index contributed by atoms with van der Waals surface area (Å²) in [5.41, 5.74) is 4.07. The SMILES string of the molecule is C=CCOc1c(C)c(C)nc(CC)c1C=COC. The number of pyridine rings is 1. The van der Waals surface area contributed by atoms with Gasteiger partial charge < -0.3 is 9.47 Å². The Morgan fingerprint density at radius 2 is 2.06 bits per heavy atom. The van der Waals surface area contributed by atoms with Crippen LogP contribution < -0.4 is 4.74 Å². The molecule has 3 heteroatoms. The zero-order chi connectivity index (χ0) is 13.5. The summed E-state index contributed by atoms with van der Waals surface area (Å²) in [6.07, 6.45) is 6.14. The molecule has 1 heterocycles. The molecule has 0 bridgehead atoms. The fraction of sp³-hybridized carbons (Fsp3) is 0.400. The fourth-order valence-electron chi connectivity index (χ4n) is 1.75. The Morgan fingerprint density at radius 3 is 2.61 bits per heavy atom. The molecule has 1 aromatic rings. The Bertz CT molecular complexity index is 450. The van der Waals surface area contributed by atoms with Crippen molar-refractivity contribution < 1.29 is 9.47 Å². The van der Waals surface area contributed by atoms with Gasteiger partial charge >= 0.3 is 0 Å². The van der Waals surface area contributed by atoms with Gasteiger partial charge in [0, 0.05) is 16.8 Å². The monoisotopic (exact) mass is 247 g/mol. The van der Waals surface area contributed by atoms with Crippen LogP contribution in [0.5, 0.6) is 5.75 Å². The summed E-state index contributed by atoms with van der Waals surface area (Å²) in [6, 6.07) is 0. The van der Waals surface area contributed by atoms with Gasteiger partial charge in [0.05, 0.1) is 19.1 Å². The molecule has 0 saturated carbocycles. The lowest BCUT2D eigenvalue weighted by Gasteiger charge is -2.15. The first-order chi connectivity index (χ1) is 8.65. The van der Waals surface area contributed by atoms with Crippen LogP contribution >= 0.6 is 0 Å². The molecule has 1 aromatic heterocycles. The van der Waals surface area contributed by atoms with E-state index in [1.54, 1.807) is 19.4 Å². The van der Waals surface area contributed by atoms with Gasteiger partial charge in [-0.3, -0.25) is 4.98 Å². The molecular formula is C15H21NO2. The second-order valence-corrected chi connectivity index (χ2v) is 4.00. The standard InChI is InChI=1S/C15H21NO2/c1-6-9-18-15-11(3)12(4)16-14(7-2)13(15)8-10-17-5/h6,8,10H,1,7,9H2,2-5H3. The Kier molecular flexibility index (Phi) is 5.43. The van der Waals surface area contributed by atoms with Gasteiger partial charge in [-0.25, -0.2) is 0 Å². The highest BCUT2D eigenvalue weighted by Crippen LogP contribution is 2.29. The normalized spacial score (nSPS) is 10.7. The average Bonchev–Trinajstić information content (AvgIpc) is 2.38. The van der Waals surface area contributed by atoms with Crippen LogP contribution in [0.3, 0.4) is 0 Å². The number of rotatable bonds is 6. The minimum absolute atomic E-state index is 0.487. The van der Waals surface area contributed by atoms with Crippen molar-refractivity contribution in [1.29, 1.82) is 0 Å². The molecule has 0 atom stereocenters. The first-order valence-electron chi connectivity index (χ1n) is 6.08. The summed E-state index contributed by atoms with van der Waals surface area (Å²) in [7, 11) is 1.63. The number of aryl methyl sites for hydroxylation is 2. The third-order valence-corrected chi connectivity index (χ3v) is 2.79. The molecule has 0 unspecified atom stereocenters. The van der Waals surface area contributed by atoms with Crippen LogP contribution in [0, 0.1) is 13.8 Å². The molecule has 0 aromatic carbocycles. The molecule has 98 valence electrons. The molecular weight excluding hydrogens is 226 g/mol. The predicted molar refractivity (Wildman–Crippen MR) is 74.8 cm³/mol. The van der Waals surface area contributed by atoms with Crippen molar-refractivity contribution >= 4 is 6.08 Å². The average molecular weight is 247 g/mol. The third-order valence-electron chi connectivity index (χ3n) is 2.79. The maximum atomic E-state index is 5.77. The highest BCUT2D eigenvalue weighted by molar-refractivity contribution is 5.62. The summed E-state index contributed by atoms with van der Waals surface area (Å²) in [5.74, 6) is 0.868. The lowest BCUT2D eigenvalue weighted by atomic mass is 10.0. The van der Waals surface area contributed by atoms with E-state index in [1.165, 1.54) is 0 Å². The Morgan fingerprint density at radius 1 is 1.33 bits per heavy atom. The molecule has 3 nitrogen and oxygen atoms in total. The lowest BCUT2D eigenvalue weighted by molar-refractivity contribution is 0.340. The van der Waals surface area contributed by atoms with Gasteiger partial charge in [0.15, 0.2) is 0 Å². The van der Waals surface area contributed by atoms with E-state index in [-0.39, 0.29) is 0 Å². The van der Waals surface area contributed by atoms with E-state index < -0.39 is 0 Å². The zero-order valence-electron chi connectivity index (χ0n) is 11.6. The second-order valence-electron chi connectivity index (χ2n) is 4.00. The summed E-state index contributed by atoms with van der Waals surface area (Å²) in [4.78, 5) is 4.60. The summed E-state index contributed by atoms with van der Waals surface area (Å²) in [6.45, 7) is 10.3. The largest absolute Gasteiger partial charge is 0.504 e. The predicted octanol–water partition coefficient (Wildman–Crippen LogP) is 3.44. The quantitative estimate of drug-likeness (QED) is 0.570. The number of aromatic nitrogens is 1. The van der Waals surface area contributed by atoms with Crippen molar-refractivity contribution in [1.82, 2.24) is 4.98 Å². The van der Waals surface area contributed by atoms with Crippen LogP contribution in [0.25, 0.3) is 6.08 Å². The van der Waals surface area contributed by atoms with Crippen molar-refractivity contribution in [2.24, 2.45) is 0 Å². The van der Waals surface area contributed by atoms with Crippen LogP contribution in [-0.2, 0) is 11.2 Å². The van der Waals surface area contributed by atoms with E-state index in [1.807, 2.05) is 19.9 Å². The van der Waals surface area contributed by atoms with E-state index in [9.17, 15) is 0 Å². The second kappa shape index (κ2) is 6.84. The lowest BCUT2D eigenvalue weighted by Crippen LogP contribution is -2.05. The fourth-order valence-corrected chi connectivity index (χ4v) is 1.75. The van der Waals surface area contributed by atoms with E-state index >= 15 is 0 Å². The van der Waals surface area contributed by atoms with Gasteiger partial charge in [-0.2, -0.15) is 0 Å². The van der Waals surface area contributed by atoms with Crippen LogP contribution in [0.4, 0.5) is 0 Å². The first-order valence-corrected chi connectivity index (χ1v) is 6.08. The van der Waals surface area contributed by atoms with Crippen molar-refractivity contribution in [3.63, 3.8) is 0 Å². The summed E-state index contributed by atoms with van der Waals surface area (Å²) >= 11 is 0. The molecule has 0 aliphatic heterocycles. The number of nitrogens with zero attached hydrogens (tertiary/aromatic N) is 1. The molecule has 0 amide bonds. The molecule has 0 aliphatic carbocycles. The van der Waals surface area contributed by atoms with Gasteiger partial charge in [0.25, 0.3) is 0 Å². The van der Waals surface area contributed by atoms with Crippen molar-refractivity contribution in [2.45, 2.75) is 27.2 Å². The molecule has 0 spiro atoms. The Balaban J connectivity index is 3.34. The van der Waals surface area contributed by atoms with E-state index in [0.29, 0.717) is 6.61 Å². The summed E-state index contributed by atoms with van der Waals surface area (Å²) < 4.78 is 10.8. The number of hydrogen-bond donors (Lipinski definition) is 0. The molecule has 18 heavy (non-hydrogen) atoms. The van der Waals surface area contributed by atoms with E-state index in [2.05, 4.69) is 18.5 Å². The molecule has 1 rings (SSSR count). The van der Waals surface area contributed by atoms with Crippen molar-refractivity contribution in [3.05, 3.63) is 41.4 Å². The number of hydrogen-bond acceptors (Lipinski definition) is 3. The highest BCUT2D eigenvalue weighted by atomic mass is 16.5. The van der Waals surface area contributed by atoms with Gasteiger partial charge in [0.2, 0.25) is 0 Å². The molecule has 0 fully saturated rings. The minimum Gasteiger partial charge on any atom is -0.504 e. The van der Waals surface area contributed by atoms with Gasteiger partial charge in [0.1, 0.15) is 12.4 Å². The van der Waals surface area contributed by atoms with E-state index in [0.717, 1.165) is 34.7 Å². The molecule has 0 radical (unpaired) electrons. The smallest absolute Gasteiger partial charge is 0.133 e. The maximum absolute atomic E-state index is 5.77. The third kappa shape index (κ3) is 3.13. The van der Waals surface area contributed by atoms with Crippen molar-refractivity contribution in [3.8, 4) is 5.75 Å². The van der Waals surface area contributed by atoms with Gasteiger partial charge in [-0.05, 0) is 26.3 Å². The van der Waals surface area contributed by atoms with Gasteiger partial charge in [-0.15, -0.1) is 0 Å². The highest BCUT2D eigenvalue weighted by Gasteiger charge is 2.13. The van der Waals surface area contributed by atoms with Crippen LogP contribution in [-0.4, -0.2) is 18.7 Å². The number of ether oxygens (including phenoxy) is 2. The number of methoxy groups -OCH3 is 1.